The maximum absolute atomic E-state index is 8.71. The second-order valence-corrected chi connectivity index (χ2v) is 4.53. The summed E-state index contributed by atoms with van der Waals surface area (Å²) in [7, 11) is 0. The molecule has 1 aromatic carbocycles. The lowest BCUT2D eigenvalue weighted by atomic mass is 10.1. The first-order chi connectivity index (χ1) is 8.28. The van der Waals surface area contributed by atoms with Crippen LogP contribution in [0.2, 0.25) is 0 Å². The fourth-order valence-electron chi connectivity index (χ4n) is 1.75. The van der Waals surface area contributed by atoms with Gasteiger partial charge in [0.1, 0.15) is 11.5 Å². The second kappa shape index (κ2) is 5.09. The highest BCUT2D eigenvalue weighted by molar-refractivity contribution is 5.31. The quantitative estimate of drug-likeness (QED) is 0.755. The molecule has 3 heteroatoms. The van der Waals surface area contributed by atoms with E-state index in [0.717, 1.165) is 24.3 Å². The summed E-state index contributed by atoms with van der Waals surface area (Å²) in [5.41, 5.74) is 0.132. The lowest BCUT2D eigenvalue weighted by molar-refractivity contribution is 0.236. The fraction of sp³-hybridized carbons (Fsp3) is 0.500. The molecule has 90 valence electrons. The van der Waals surface area contributed by atoms with Gasteiger partial charge in [0.05, 0.1) is 19.3 Å². The van der Waals surface area contributed by atoms with Gasteiger partial charge in [0, 0.05) is 11.8 Å². The van der Waals surface area contributed by atoms with Crippen LogP contribution < -0.4 is 9.47 Å². The fourth-order valence-corrected chi connectivity index (χ4v) is 1.75. The topological polar surface area (TPSA) is 42.2 Å². The molecule has 0 spiro atoms. The molecular weight excluding hydrogens is 214 g/mol. The van der Waals surface area contributed by atoms with Crippen LogP contribution in [0.5, 0.6) is 11.5 Å². The van der Waals surface area contributed by atoms with Crippen molar-refractivity contribution in [3.63, 3.8) is 0 Å². The molecule has 0 heterocycles. The van der Waals surface area contributed by atoms with Gasteiger partial charge < -0.3 is 9.47 Å². The van der Waals surface area contributed by atoms with Gasteiger partial charge in [0.15, 0.2) is 0 Å². The van der Waals surface area contributed by atoms with E-state index < -0.39 is 0 Å². The highest BCUT2D eigenvalue weighted by Gasteiger charge is 2.43. The molecule has 0 amide bonds. The van der Waals surface area contributed by atoms with Crippen LogP contribution in [0.3, 0.4) is 0 Å². The summed E-state index contributed by atoms with van der Waals surface area (Å²) in [5, 5.41) is 8.71. The van der Waals surface area contributed by atoms with E-state index in [4.69, 9.17) is 14.7 Å². The number of hydrogen-bond acceptors (Lipinski definition) is 3. The molecule has 0 radical (unpaired) electrons. The molecule has 0 aromatic heterocycles. The maximum atomic E-state index is 8.71. The molecule has 0 N–H and O–H groups in total. The minimum absolute atomic E-state index is 0.132. The van der Waals surface area contributed by atoms with E-state index in [9.17, 15) is 0 Å². The minimum Gasteiger partial charge on any atom is -0.494 e. The molecule has 0 unspecified atom stereocenters. The van der Waals surface area contributed by atoms with Crippen LogP contribution in [0.1, 0.15) is 26.2 Å². The zero-order valence-corrected chi connectivity index (χ0v) is 10.1. The van der Waals surface area contributed by atoms with Crippen molar-refractivity contribution >= 4 is 0 Å². The average molecular weight is 231 g/mol. The molecule has 3 nitrogen and oxygen atoms in total. The predicted molar refractivity (Wildman–Crippen MR) is 65.0 cm³/mol. The molecule has 1 aromatic rings. The summed E-state index contributed by atoms with van der Waals surface area (Å²) in [4.78, 5) is 0. The zero-order valence-electron chi connectivity index (χ0n) is 10.1. The number of nitriles is 1. The van der Waals surface area contributed by atoms with Crippen LogP contribution in [-0.4, -0.2) is 13.2 Å². The van der Waals surface area contributed by atoms with Crippen molar-refractivity contribution in [3.05, 3.63) is 24.3 Å². The van der Waals surface area contributed by atoms with Crippen molar-refractivity contribution in [1.29, 1.82) is 5.26 Å². The van der Waals surface area contributed by atoms with Crippen LogP contribution in [-0.2, 0) is 0 Å². The summed E-state index contributed by atoms with van der Waals surface area (Å²) in [6.07, 6.45) is 2.82. The predicted octanol–water partition coefficient (Wildman–Crippen LogP) is 3.16. The second-order valence-electron chi connectivity index (χ2n) is 4.53. The van der Waals surface area contributed by atoms with Crippen molar-refractivity contribution in [3.8, 4) is 17.6 Å². The molecule has 0 aliphatic heterocycles. The Morgan fingerprint density at radius 3 is 2.24 bits per heavy atom. The van der Waals surface area contributed by atoms with Gasteiger partial charge in [-0.25, -0.2) is 0 Å². The average Bonchev–Trinajstić information content (AvgIpc) is 3.10. The van der Waals surface area contributed by atoms with Crippen LogP contribution in [0, 0.1) is 16.7 Å². The Morgan fingerprint density at radius 2 is 1.76 bits per heavy atom. The Bertz CT molecular complexity index is 401. The van der Waals surface area contributed by atoms with Gasteiger partial charge >= 0.3 is 0 Å². The summed E-state index contributed by atoms with van der Waals surface area (Å²) < 4.78 is 11.1. The van der Waals surface area contributed by atoms with Gasteiger partial charge in [-0.1, -0.05) is 0 Å². The summed E-state index contributed by atoms with van der Waals surface area (Å²) in [6.45, 7) is 3.28. The Kier molecular flexibility index (Phi) is 3.53. The first kappa shape index (κ1) is 11.8. The largest absolute Gasteiger partial charge is 0.494 e. The highest BCUT2D eigenvalue weighted by atomic mass is 16.5. The molecular formula is C14H17NO2. The third-order valence-electron chi connectivity index (χ3n) is 3.09. The zero-order chi connectivity index (χ0) is 12.1. The van der Waals surface area contributed by atoms with E-state index in [2.05, 4.69) is 6.07 Å². The Morgan fingerprint density at radius 1 is 1.18 bits per heavy atom. The minimum atomic E-state index is 0.132. The SMILES string of the molecule is CCOc1ccc(OCC2(CC#N)CC2)cc1. The summed E-state index contributed by atoms with van der Waals surface area (Å²) >= 11 is 0. The Hall–Kier alpha value is -1.69. The molecule has 0 bridgehead atoms. The molecule has 0 saturated heterocycles. The molecule has 1 aliphatic rings. The van der Waals surface area contributed by atoms with Crippen LogP contribution in [0.4, 0.5) is 0 Å². The normalized spacial score (nSPS) is 16.0. The van der Waals surface area contributed by atoms with Gasteiger partial charge in [0.2, 0.25) is 0 Å². The molecule has 1 fully saturated rings. The number of nitrogens with zero attached hydrogens (tertiary/aromatic N) is 1. The van der Waals surface area contributed by atoms with Crippen molar-refractivity contribution < 1.29 is 9.47 Å². The molecule has 2 rings (SSSR count). The number of benzene rings is 1. The van der Waals surface area contributed by atoms with Gasteiger partial charge in [0.25, 0.3) is 0 Å². The van der Waals surface area contributed by atoms with E-state index in [-0.39, 0.29) is 5.41 Å². The molecule has 1 saturated carbocycles. The summed E-state index contributed by atoms with van der Waals surface area (Å²) in [5.74, 6) is 1.70. The van der Waals surface area contributed by atoms with Gasteiger partial charge in [-0.05, 0) is 44.0 Å². The maximum Gasteiger partial charge on any atom is 0.119 e. The van der Waals surface area contributed by atoms with Crippen molar-refractivity contribution in [2.45, 2.75) is 26.2 Å². The Balaban J connectivity index is 1.85. The number of rotatable bonds is 6. The third-order valence-corrected chi connectivity index (χ3v) is 3.09. The van der Waals surface area contributed by atoms with E-state index in [1.54, 1.807) is 0 Å². The highest BCUT2D eigenvalue weighted by Crippen LogP contribution is 2.48. The van der Waals surface area contributed by atoms with Crippen LogP contribution in [0.25, 0.3) is 0 Å². The number of hydrogen-bond donors (Lipinski definition) is 0. The van der Waals surface area contributed by atoms with Gasteiger partial charge in [-0.2, -0.15) is 5.26 Å². The molecule has 1 aliphatic carbocycles. The molecule has 17 heavy (non-hydrogen) atoms. The molecule has 0 atom stereocenters. The third kappa shape index (κ3) is 3.13. The smallest absolute Gasteiger partial charge is 0.119 e. The van der Waals surface area contributed by atoms with Gasteiger partial charge in [-0.15, -0.1) is 0 Å². The van der Waals surface area contributed by atoms with Crippen LogP contribution >= 0.6 is 0 Å². The first-order valence-corrected chi connectivity index (χ1v) is 6.01. The number of ether oxygens (including phenoxy) is 2. The van der Waals surface area contributed by atoms with Crippen molar-refractivity contribution in [2.24, 2.45) is 5.41 Å². The van der Waals surface area contributed by atoms with E-state index in [1.807, 2.05) is 31.2 Å². The van der Waals surface area contributed by atoms with E-state index >= 15 is 0 Å². The first-order valence-electron chi connectivity index (χ1n) is 6.01. The summed E-state index contributed by atoms with van der Waals surface area (Å²) in [6, 6.07) is 9.86. The van der Waals surface area contributed by atoms with Crippen molar-refractivity contribution in [2.75, 3.05) is 13.2 Å². The van der Waals surface area contributed by atoms with Crippen molar-refractivity contribution in [1.82, 2.24) is 0 Å². The van der Waals surface area contributed by atoms with Crippen LogP contribution in [0.15, 0.2) is 24.3 Å². The van der Waals surface area contributed by atoms with Gasteiger partial charge in [-0.3, -0.25) is 0 Å². The monoisotopic (exact) mass is 231 g/mol. The lowest BCUT2D eigenvalue weighted by Crippen LogP contribution is -2.12. The standard InChI is InChI=1S/C14H17NO2/c1-2-16-12-3-5-13(6-4-12)17-11-14(7-8-14)9-10-15/h3-6H,2,7-9,11H2,1H3. The lowest BCUT2D eigenvalue weighted by Gasteiger charge is -2.13. The van der Waals surface area contributed by atoms with E-state index in [0.29, 0.717) is 19.6 Å². The van der Waals surface area contributed by atoms with E-state index in [1.165, 1.54) is 0 Å². The Labute approximate surface area is 102 Å².